The average Bonchev–Trinajstić information content (AvgIpc) is 3.19. The number of carbonyl (C=O) groups excluding carboxylic acids is 1. The van der Waals surface area contributed by atoms with E-state index in [-0.39, 0.29) is 5.91 Å². The maximum Gasteiger partial charge on any atom is 0.258 e. The van der Waals surface area contributed by atoms with Gasteiger partial charge in [-0.3, -0.25) is 9.48 Å². The molecule has 1 aromatic heterocycles. The summed E-state index contributed by atoms with van der Waals surface area (Å²) in [5.74, 6) is -0.243. The highest BCUT2D eigenvalue weighted by Crippen LogP contribution is 2.34. The highest BCUT2D eigenvalue weighted by Gasteiger charge is 2.20. The summed E-state index contributed by atoms with van der Waals surface area (Å²) in [4.78, 5) is 14.9. The summed E-state index contributed by atoms with van der Waals surface area (Å²) in [5.41, 5.74) is 2.89. The number of hydrogen-bond acceptors (Lipinski definition) is 4. The van der Waals surface area contributed by atoms with Crippen LogP contribution in [-0.2, 0) is 11.3 Å². The highest BCUT2D eigenvalue weighted by molar-refractivity contribution is 6.34. The molecule has 0 bridgehead atoms. The van der Waals surface area contributed by atoms with E-state index in [2.05, 4.69) is 15.3 Å². The number of nitrogens with zero attached hydrogens (tertiary/aromatic N) is 3. The molecule has 0 unspecified atom stereocenters. The van der Waals surface area contributed by atoms with E-state index in [4.69, 9.17) is 27.9 Å². The van der Waals surface area contributed by atoms with Gasteiger partial charge >= 0.3 is 0 Å². The van der Waals surface area contributed by atoms with Crippen LogP contribution in [0.2, 0.25) is 10.0 Å². The summed E-state index contributed by atoms with van der Waals surface area (Å²) in [6, 6.07) is 13.1. The van der Waals surface area contributed by atoms with Crippen molar-refractivity contribution in [1.82, 2.24) is 9.78 Å². The zero-order valence-electron chi connectivity index (χ0n) is 15.6. The molecule has 1 saturated heterocycles. The molecule has 29 heavy (non-hydrogen) atoms. The number of morpholine rings is 1. The van der Waals surface area contributed by atoms with E-state index in [1.165, 1.54) is 0 Å². The Morgan fingerprint density at radius 2 is 1.83 bits per heavy atom. The molecule has 1 aliphatic rings. The minimum Gasteiger partial charge on any atom is -0.378 e. The van der Waals surface area contributed by atoms with Crippen LogP contribution in [0.4, 0.5) is 11.4 Å². The van der Waals surface area contributed by atoms with Crippen molar-refractivity contribution in [3.8, 4) is 0 Å². The molecule has 0 saturated carbocycles. The number of benzene rings is 2. The number of rotatable bonds is 5. The van der Waals surface area contributed by atoms with Gasteiger partial charge in [0.2, 0.25) is 0 Å². The third-order valence-electron chi connectivity index (χ3n) is 4.75. The van der Waals surface area contributed by atoms with Gasteiger partial charge < -0.3 is 15.0 Å². The predicted octanol–water partition coefficient (Wildman–Crippen LogP) is 4.33. The molecule has 3 aromatic rings. The summed E-state index contributed by atoms with van der Waals surface area (Å²) in [7, 11) is 0. The van der Waals surface area contributed by atoms with Gasteiger partial charge in [0.1, 0.15) is 0 Å². The van der Waals surface area contributed by atoms with Crippen molar-refractivity contribution in [2.45, 2.75) is 6.54 Å². The van der Waals surface area contributed by atoms with Crippen molar-refractivity contribution < 1.29 is 9.53 Å². The fourth-order valence-electron chi connectivity index (χ4n) is 3.29. The lowest BCUT2D eigenvalue weighted by Gasteiger charge is -2.31. The monoisotopic (exact) mass is 430 g/mol. The first-order valence-electron chi connectivity index (χ1n) is 9.30. The molecule has 0 radical (unpaired) electrons. The van der Waals surface area contributed by atoms with Gasteiger partial charge in [-0.2, -0.15) is 5.10 Å². The summed E-state index contributed by atoms with van der Waals surface area (Å²) < 4.78 is 7.11. The molecule has 150 valence electrons. The van der Waals surface area contributed by atoms with Crippen molar-refractivity contribution in [2.24, 2.45) is 0 Å². The molecule has 1 amide bonds. The highest BCUT2D eigenvalue weighted by atomic mass is 35.5. The van der Waals surface area contributed by atoms with Gasteiger partial charge in [0, 0.05) is 24.3 Å². The Labute approximate surface area is 179 Å². The molecule has 2 heterocycles. The van der Waals surface area contributed by atoms with E-state index in [0.717, 1.165) is 24.3 Å². The molecule has 6 nitrogen and oxygen atoms in total. The number of amides is 1. The van der Waals surface area contributed by atoms with Crippen molar-refractivity contribution in [3.63, 3.8) is 0 Å². The minimum atomic E-state index is -0.243. The van der Waals surface area contributed by atoms with E-state index in [0.29, 0.717) is 41.1 Å². The lowest BCUT2D eigenvalue weighted by atomic mass is 10.2. The fourth-order valence-corrected chi connectivity index (χ4v) is 3.78. The number of carbonyl (C=O) groups is 1. The largest absolute Gasteiger partial charge is 0.378 e. The van der Waals surface area contributed by atoms with Gasteiger partial charge in [-0.05, 0) is 23.8 Å². The van der Waals surface area contributed by atoms with E-state index in [1.807, 2.05) is 42.5 Å². The first-order chi connectivity index (χ1) is 14.1. The quantitative estimate of drug-likeness (QED) is 0.654. The van der Waals surface area contributed by atoms with Crippen LogP contribution in [0.25, 0.3) is 0 Å². The summed E-state index contributed by atoms with van der Waals surface area (Å²) in [6.45, 7) is 3.20. The van der Waals surface area contributed by atoms with Gasteiger partial charge in [-0.15, -0.1) is 0 Å². The number of ether oxygens (including phenoxy) is 1. The Balaban J connectivity index is 1.51. The van der Waals surface area contributed by atoms with Gasteiger partial charge in [-0.1, -0.05) is 47.5 Å². The number of para-hydroxylation sites is 1. The molecule has 4 rings (SSSR count). The molecule has 0 atom stereocenters. The number of hydrogen-bond donors (Lipinski definition) is 1. The molecule has 1 aliphatic heterocycles. The second kappa shape index (κ2) is 8.86. The number of anilines is 2. The van der Waals surface area contributed by atoms with E-state index in [1.54, 1.807) is 17.1 Å². The van der Waals surface area contributed by atoms with Crippen molar-refractivity contribution in [2.75, 3.05) is 36.5 Å². The topological polar surface area (TPSA) is 59.4 Å². The fraction of sp³-hybridized carbons (Fsp3) is 0.238. The van der Waals surface area contributed by atoms with Crippen molar-refractivity contribution >= 4 is 40.5 Å². The average molecular weight is 431 g/mol. The molecule has 8 heteroatoms. The van der Waals surface area contributed by atoms with Crippen LogP contribution >= 0.6 is 23.2 Å². The Kier molecular flexibility index (Phi) is 6.04. The lowest BCUT2D eigenvalue weighted by Crippen LogP contribution is -2.37. The van der Waals surface area contributed by atoms with E-state index >= 15 is 0 Å². The van der Waals surface area contributed by atoms with Gasteiger partial charge in [0.05, 0.1) is 47.9 Å². The third-order valence-corrected chi connectivity index (χ3v) is 5.42. The van der Waals surface area contributed by atoms with Crippen LogP contribution < -0.4 is 10.2 Å². The summed E-state index contributed by atoms with van der Waals surface area (Å²) in [6.07, 6.45) is 3.25. The Morgan fingerprint density at radius 1 is 1.07 bits per heavy atom. The third kappa shape index (κ3) is 4.56. The van der Waals surface area contributed by atoms with Crippen LogP contribution in [0.5, 0.6) is 0 Å². The first-order valence-corrected chi connectivity index (χ1v) is 10.1. The second-order valence-corrected chi connectivity index (χ2v) is 7.52. The molecule has 0 spiro atoms. The Bertz CT molecular complexity index is 1020. The maximum absolute atomic E-state index is 12.8. The van der Waals surface area contributed by atoms with Crippen LogP contribution in [0.15, 0.2) is 54.9 Å². The smallest absolute Gasteiger partial charge is 0.258 e. The first kappa shape index (κ1) is 19.8. The molecular weight excluding hydrogens is 411 g/mol. The summed E-state index contributed by atoms with van der Waals surface area (Å²) >= 11 is 12.6. The van der Waals surface area contributed by atoms with Crippen LogP contribution in [0.1, 0.15) is 15.9 Å². The number of aromatic nitrogens is 2. The molecule has 1 fully saturated rings. The molecule has 1 N–H and O–H groups in total. The number of halogens is 2. The zero-order chi connectivity index (χ0) is 20.2. The van der Waals surface area contributed by atoms with Gasteiger partial charge in [-0.25, -0.2) is 0 Å². The Hall–Kier alpha value is -2.54. The summed E-state index contributed by atoms with van der Waals surface area (Å²) in [5, 5.41) is 8.52. The second-order valence-electron chi connectivity index (χ2n) is 6.71. The SMILES string of the molecule is O=C(Nc1cccc(Cl)c1N1CCOCC1)c1cnn(Cc2ccccc2Cl)c1. The predicted molar refractivity (Wildman–Crippen MR) is 115 cm³/mol. The normalized spacial score (nSPS) is 14.1. The molecule has 0 aliphatic carbocycles. The van der Waals surface area contributed by atoms with Gasteiger partial charge in [0.25, 0.3) is 5.91 Å². The van der Waals surface area contributed by atoms with Crippen molar-refractivity contribution in [3.05, 3.63) is 76.0 Å². The Morgan fingerprint density at radius 3 is 2.62 bits per heavy atom. The van der Waals surface area contributed by atoms with Crippen LogP contribution in [0, 0.1) is 0 Å². The minimum absolute atomic E-state index is 0.243. The number of nitrogens with one attached hydrogen (secondary N) is 1. The maximum atomic E-state index is 12.8. The van der Waals surface area contributed by atoms with Crippen LogP contribution in [-0.4, -0.2) is 42.0 Å². The van der Waals surface area contributed by atoms with Crippen LogP contribution in [0.3, 0.4) is 0 Å². The van der Waals surface area contributed by atoms with E-state index < -0.39 is 0 Å². The van der Waals surface area contributed by atoms with Crippen molar-refractivity contribution in [1.29, 1.82) is 0 Å². The molecular formula is C21H20Cl2N4O2. The molecule has 2 aromatic carbocycles. The standard InChI is InChI=1S/C21H20Cl2N4O2/c22-17-5-2-1-4-15(17)13-27-14-16(12-24-27)21(28)25-19-7-3-6-18(23)20(19)26-8-10-29-11-9-26/h1-7,12,14H,8-11,13H2,(H,25,28). The zero-order valence-corrected chi connectivity index (χ0v) is 17.2. The van der Waals surface area contributed by atoms with E-state index in [9.17, 15) is 4.79 Å². The van der Waals surface area contributed by atoms with Gasteiger partial charge in [0.15, 0.2) is 0 Å². The lowest BCUT2D eigenvalue weighted by molar-refractivity contribution is 0.102.